The second-order valence-corrected chi connectivity index (χ2v) is 4.67. The first-order chi connectivity index (χ1) is 9.60. The van der Waals surface area contributed by atoms with Gasteiger partial charge in [-0.05, 0) is 24.4 Å². The van der Waals surface area contributed by atoms with Crippen molar-refractivity contribution in [1.82, 2.24) is 5.48 Å². The highest BCUT2D eigenvalue weighted by Gasteiger charge is 2.19. The number of isothiocyanates is 1. The molecule has 6 nitrogen and oxygen atoms in total. The molecule has 20 heavy (non-hydrogen) atoms. The van der Waals surface area contributed by atoms with Gasteiger partial charge in [0, 0.05) is 29.1 Å². The summed E-state index contributed by atoms with van der Waals surface area (Å²) < 4.78 is 0. The minimum Gasteiger partial charge on any atom is -0.268 e. The summed E-state index contributed by atoms with van der Waals surface area (Å²) >= 11 is 10.4. The summed E-state index contributed by atoms with van der Waals surface area (Å²) in [6.07, 6.45) is 2.30. The monoisotopic (exact) mass is 311 g/mol. The van der Waals surface area contributed by atoms with Gasteiger partial charge in [-0.25, -0.2) is 4.99 Å². The smallest absolute Gasteiger partial charge is 0.268 e. The lowest BCUT2D eigenvalue weighted by Crippen LogP contribution is -2.13. The van der Waals surface area contributed by atoms with E-state index in [1.807, 2.05) is 6.08 Å². The van der Waals surface area contributed by atoms with Crippen LogP contribution in [0.25, 0.3) is 5.70 Å². The Morgan fingerprint density at radius 3 is 3.05 bits per heavy atom. The van der Waals surface area contributed by atoms with Crippen molar-refractivity contribution in [1.29, 1.82) is 0 Å². The molecule has 1 aromatic rings. The lowest BCUT2D eigenvalue weighted by molar-refractivity contribution is -0.384. The summed E-state index contributed by atoms with van der Waals surface area (Å²) in [4.78, 5) is 19.4. The summed E-state index contributed by atoms with van der Waals surface area (Å²) in [5.74, 6) is 0. The number of thiocarbonyl (C=S) groups is 1. The maximum atomic E-state index is 10.8. The van der Waals surface area contributed by atoms with Crippen LogP contribution in [0.5, 0.6) is 0 Å². The Bertz CT molecular complexity index is 614. The number of nitrogens with one attached hydrogen (secondary N) is 1. The van der Waals surface area contributed by atoms with Crippen LogP contribution in [0.3, 0.4) is 0 Å². The van der Waals surface area contributed by atoms with E-state index < -0.39 is 4.92 Å². The highest BCUT2D eigenvalue weighted by molar-refractivity contribution is 7.78. The van der Waals surface area contributed by atoms with Crippen LogP contribution in [-0.2, 0) is 4.84 Å². The molecule has 104 valence electrons. The maximum Gasteiger partial charge on any atom is 0.271 e. The molecule has 1 aliphatic heterocycles. The summed E-state index contributed by atoms with van der Waals surface area (Å²) in [5.41, 5.74) is 3.92. The normalized spacial score (nSPS) is 17.1. The number of rotatable bonds is 5. The van der Waals surface area contributed by atoms with E-state index in [2.05, 4.69) is 27.9 Å². The van der Waals surface area contributed by atoms with Gasteiger partial charge in [-0.1, -0.05) is 11.6 Å². The standard InChI is InChI=1S/C12H10ClN3O3S/c13-9-3-8(4-10(5-9)16(17)18)12-6-11(19-15-12)1-2-14-7-20/h3-6,11,15H,1-2H2. The molecule has 0 bridgehead atoms. The van der Waals surface area contributed by atoms with Crippen molar-refractivity contribution in [3.8, 4) is 0 Å². The highest BCUT2D eigenvalue weighted by Crippen LogP contribution is 2.27. The summed E-state index contributed by atoms with van der Waals surface area (Å²) in [6, 6.07) is 4.37. The van der Waals surface area contributed by atoms with Gasteiger partial charge in [0.2, 0.25) is 0 Å². The zero-order chi connectivity index (χ0) is 14.5. The lowest BCUT2D eigenvalue weighted by Gasteiger charge is -2.05. The van der Waals surface area contributed by atoms with Gasteiger partial charge in [0.05, 0.1) is 22.3 Å². The van der Waals surface area contributed by atoms with Crippen molar-refractivity contribution in [2.45, 2.75) is 12.5 Å². The van der Waals surface area contributed by atoms with Gasteiger partial charge in [0.1, 0.15) is 6.10 Å². The van der Waals surface area contributed by atoms with E-state index in [0.717, 1.165) is 0 Å². The van der Waals surface area contributed by atoms with Crippen molar-refractivity contribution in [2.24, 2.45) is 4.99 Å². The number of halogens is 1. The van der Waals surface area contributed by atoms with Gasteiger partial charge in [0.25, 0.3) is 5.69 Å². The molecule has 1 heterocycles. The van der Waals surface area contributed by atoms with Gasteiger partial charge in [0.15, 0.2) is 0 Å². The van der Waals surface area contributed by atoms with Crippen LogP contribution < -0.4 is 5.48 Å². The lowest BCUT2D eigenvalue weighted by atomic mass is 10.1. The topological polar surface area (TPSA) is 76.8 Å². The number of nitrogens with zero attached hydrogens (tertiary/aromatic N) is 2. The van der Waals surface area contributed by atoms with E-state index in [-0.39, 0.29) is 11.8 Å². The van der Waals surface area contributed by atoms with Gasteiger partial charge in [-0.3, -0.25) is 20.4 Å². The van der Waals surface area contributed by atoms with Crippen LogP contribution in [0, 0.1) is 10.1 Å². The molecule has 1 aliphatic rings. The predicted octanol–water partition coefficient (Wildman–Crippen LogP) is 2.99. The summed E-state index contributed by atoms with van der Waals surface area (Å²) in [5, 5.41) is 13.4. The van der Waals surface area contributed by atoms with E-state index in [0.29, 0.717) is 29.2 Å². The molecule has 0 radical (unpaired) electrons. The first-order valence-corrected chi connectivity index (χ1v) is 6.51. The average Bonchev–Trinajstić information content (AvgIpc) is 2.87. The Hall–Kier alpha value is -1.79. The van der Waals surface area contributed by atoms with Gasteiger partial charge in [-0.15, -0.1) is 0 Å². The Labute approximate surface area is 125 Å². The zero-order valence-corrected chi connectivity index (χ0v) is 11.8. The van der Waals surface area contributed by atoms with Crippen molar-refractivity contribution < 1.29 is 9.76 Å². The molecule has 1 aromatic carbocycles. The molecule has 0 spiro atoms. The molecule has 0 amide bonds. The Balaban J connectivity index is 2.17. The molecule has 0 aliphatic carbocycles. The van der Waals surface area contributed by atoms with Gasteiger partial charge in [-0.2, -0.15) is 0 Å². The Morgan fingerprint density at radius 2 is 2.35 bits per heavy atom. The van der Waals surface area contributed by atoms with Crippen LogP contribution >= 0.6 is 23.8 Å². The molecule has 2 rings (SSSR count). The van der Waals surface area contributed by atoms with E-state index >= 15 is 0 Å². The van der Waals surface area contributed by atoms with Crippen molar-refractivity contribution in [3.05, 3.63) is 45.0 Å². The Morgan fingerprint density at radius 1 is 1.55 bits per heavy atom. The van der Waals surface area contributed by atoms with E-state index in [4.69, 9.17) is 16.4 Å². The first-order valence-electron chi connectivity index (χ1n) is 5.72. The number of hydrogen-bond acceptors (Lipinski definition) is 6. The SMILES string of the molecule is O=[N+]([O-])c1cc(Cl)cc(C2=CC(CCN=C=S)ON2)c1. The quantitative estimate of drug-likeness (QED) is 0.391. The zero-order valence-electron chi connectivity index (χ0n) is 10.2. The van der Waals surface area contributed by atoms with Gasteiger partial charge < -0.3 is 0 Å². The number of non-ortho nitro benzene ring substituents is 1. The molecule has 8 heteroatoms. The molecule has 0 fully saturated rings. The predicted molar refractivity (Wildman–Crippen MR) is 78.6 cm³/mol. The third kappa shape index (κ3) is 3.61. The van der Waals surface area contributed by atoms with E-state index in [1.54, 1.807) is 6.07 Å². The van der Waals surface area contributed by atoms with Crippen LogP contribution in [-0.4, -0.2) is 22.7 Å². The summed E-state index contributed by atoms with van der Waals surface area (Å²) in [6.45, 7) is 0.509. The number of benzene rings is 1. The second kappa shape index (κ2) is 6.58. The maximum absolute atomic E-state index is 10.8. The fourth-order valence-corrected chi connectivity index (χ4v) is 2.08. The fourth-order valence-electron chi connectivity index (χ4n) is 1.76. The average molecular weight is 312 g/mol. The van der Waals surface area contributed by atoms with Crippen LogP contribution in [0.1, 0.15) is 12.0 Å². The van der Waals surface area contributed by atoms with E-state index in [9.17, 15) is 10.1 Å². The third-order valence-corrected chi connectivity index (χ3v) is 3.01. The number of aliphatic imine (C=N–C) groups is 1. The molecule has 1 N–H and O–H groups in total. The second-order valence-electron chi connectivity index (χ2n) is 4.06. The van der Waals surface area contributed by atoms with Crippen LogP contribution in [0.15, 0.2) is 29.3 Å². The number of nitro benzene ring substituents is 1. The van der Waals surface area contributed by atoms with Crippen molar-refractivity contribution in [3.63, 3.8) is 0 Å². The van der Waals surface area contributed by atoms with Crippen LogP contribution in [0.2, 0.25) is 5.02 Å². The minimum absolute atomic E-state index is 0.0658. The Kier molecular flexibility index (Phi) is 4.81. The molecule has 1 atom stereocenters. The molecule has 0 saturated carbocycles. The minimum atomic E-state index is -0.489. The highest BCUT2D eigenvalue weighted by atomic mass is 35.5. The number of nitro groups is 1. The number of hydrogen-bond donors (Lipinski definition) is 1. The van der Waals surface area contributed by atoms with Crippen molar-refractivity contribution in [2.75, 3.05) is 6.54 Å². The molecule has 0 aromatic heterocycles. The molecule has 0 saturated heterocycles. The molecular weight excluding hydrogens is 302 g/mol. The van der Waals surface area contributed by atoms with Crippen molar-refractivity contribution >= 4 is 40.4 Å². The number of hydroxylamine groups is 1. The van der Waals surface area contributed by atoms with Crippen LogP contribution in [0.4, 0.5) is 5.69 Å². The van der Waals surface area contributed by atoms with E-state index in [1.165, 1.54) is 12.1 Å². The largest absolute Gasteiger partial charge is 0.271 e. The first kappa shape index (κ1) is 14.6. The third-order valence-electron chi connectivity index (χ3n) is 2.67. The molecular formula is C12H10ClN3O3S. The fraction of sp³-hybridized carbons (Fsp3) is 0.250. The summed E-state index contributed by atoms with van der Waals surface area (Å²) in [7, 11) is 0. The van der Waals surface area contributed by atoms with Gasteiger partial charge >= 0.3 is 0 Å². The molecule has 1 unspecified atom stereocenters.